The fraction of sp³-hybridized carbons (Fsp3) is 0.800. The fourth-order valence-corrected chi connectivity index (χ4v) is 3.30. The van der Waals surface area contributed by atoms with Gasteiger partial charge in [-0.3, -0.25) is 19.2 Å². The Morgan fingerprint density at radius 3 is 1.39 bits per heavy atom. The van der Waals surface area contributed by atoms with Gasteiger partial charge in [-0.25, -0.2) is 0 Å². The maximum absolute atomic E-state index is 11.1. The van der Waals surface area contributed by atoms with Gasteiger partial charge >= 0.3 is 23.9 Å². The van der Waals surface area contributed by atoms with Crippen LogP contribution in [0.1, 0.15) is 54.4 Å². The molecule has 0 aromatic heterocycles. The highest BCUT2D eigenvalue weighted by Crippen LogP contribution is 2.29. The van der Waals surface area contributed by atoms with E-state index in [2.05, 4.69) is 0 Å². The van der Waals surface area contributed by atoms with Crippen LogP contribution in [0.5, 0.6) is 0 Å². The Morgan fingerprint density at radius 1 is 0.821 bits per heavy atom. The molecule has 0 aromatic rings. The molecule has 2 rings (SSSR count). The number of carbonyl (C=O) groups excluding carboxylic acids is 4. The van der Waals surface area contributed by atoms with Crippen molar-refractivity contribution in [3.05, 3.63) is 0 Å². The Kier molecular flexibility index (Phi) is 9.41. The van der Waals surface area contributed by atoms with E-state index < -0.39 is 0 Å². The first kappa shape index (κ1) is 23.9. The highest BCUT2D eigenvalue weighted by molar-refractivity contribution is 5.73. The predicted octanol–water partition coefficient (Wildman–Crippen LogP) is 2.27. The van der Waals surface area contributed by atoms with Gasteiger partial charge in [0.25, 0.3) is 0 Å². The lowest BCUT2D eigenvalue weighted by Crippen LogP contribution is -2.27. The molecule has 0 spiro atoms. The minimum atomic E-state index is -0.338. The van der Waals surface area contributed by atoms with Crippen molar-refractivity contribution in [3.63, 3.8) is 0 Å². The van der Waals surface area contributed by atoms with Crippen molar-refractivity contribution < 1.29 is 38.1 Å². The third-order valence-corrected chi connectivity index (χ3v) is 4.94. The summed E-state index contributed by atoms with van der Waals surface area (Å²) in [5, 5.41) is 0. The molecule has 8 heteroatoms. The van der Waals surface area contributed by atoms with Gasteiger partial charge in [-0.15, -0.1) is 0 Å². The average molecular weight is 400 g/mol. The summed E-state index contributed by atoms with van der Waals surface area (Å²) in [4.78, 5) is 43.3. The highest BCUT2D eigenvalue weighted by Gasteiger charge is 2.38. The van der Waals surface area contributed by atoms with Crippen LogP contribution in [0.3, 0.4) is 0 Å². The first-order valence-electron chi connectivity index (χ1n) is 9.66. The van der Waals surface area contributed by atoms with E-state index in [-0.39, 0.29) is 61.1 Å². The standard InChI is InChI=1S/2C10H16O4/c2*1-6(2)8-4-10(12)14-9(8)5-13-7(3)11/h2*6,8-9H,4-5H2,1-3H3/t8-,9+;8-,9-/m11/s1. The molecule has 2 saturated heterocycles. The van der Waals surface area contributed by atoms with Crippen molar-refractivity contribution in [2.24, 2.45) is 23.7 Å². The molecule has 8 nitrogen and oxygen atoms in total. The summed E-state index contributed by atoms with van der Waals surface area (Å²) in [6.07, 6.45) is 0.352. The summed E-state index contributed by atoms with van der Waals surface area (Å²) >= 11 is 0. The van der Waals surface area contributed by atoms with Crippen LogP contribution in [0.25, 0.3) is 0 Å². The molecular weight excluding hydrogens is 368 g/mol. The monoisotopic (exact) mass is 400 g/mol. The Balaban J connectivity index is 0.000000280. The van der Waals surface area contributed by atoms with E-state index in [1.54, 1.807) is 0 Å². The van der Waals surface area contributed by atoms with Crippen LogP contribution in [-0.2, 0) is 38.1 Å². The van der Waals surface area contributed by atoms with Crippen LogP contribution in [0.4, 0.5) is 0 Å². The minimum Gasteiger partial charge on any atom is -0.462 e. The first-order chi connectivity index (χ1) is 13.0. The van der Waals surface area contributed by atoms with Gasteiger partial charge in [-0.2, -0.15) is 0 Å². The van der Waals surface area contributed by atoms with E-state index in [9.17, 15) is 19.2 Å². The number of hydrogen-bond acceptors (Lipinski definition) is 8. The first-order valence-corrected chi connectivity index (χ1v) is 9.66. The molecule has 0 aromatic carbocycles. The second-order valence-electron chi connectivity index (χ2n) is 7.89. The zero-order valence-corrected chi connectivity index (χ0v) is 17.6. The van der Waals surface area contributed by atoms with Crippen LogP contribution < -0.4 is 0 Å². The molecular formula is C20H32O8. The molecule has 4 atom stereocenters. The van der Waals surface area contributed by atoms with Gasteiger partial charge in [0.15, 0.2) is 0 Å². The van der Waals surface area contributed by atoms with Crippen molar-refractivity contribution in [1.82, 2.24) is 0 Å². The molecule has 0 unspecified atom stereocenters. The fourth-order valence-electron chi connectivity index (χ4n) is 3.30. The normalized spacial score (nSPS) is 26.4. The van der Waals surface area contributed by atoms with Crippen molar-refractivity contribution in [1.29, 1.82) is 0 Å². The number of hydrogen-bond donors (Lipinski definition) is 0. The number of cyclic esters (lactones) is 2. The minimum absolute atomic E-state index is 0.168. The molecule has 160 valence electrons. The molecule has 2 aliphatic rings. The van der Waals surface area contributed by atoms with Gasteiger partial charge in [0, 0.05) is 25.7 Å². The third kappa shape index (κ3) is 7.86. The maximum atomic E-state index is 11.1. The van der Waals surface area contributed by atoms with Gasteiger partial charge in [-0.05, 0) is 11.8 Å². The molecule has 0 amide bonds. The second-order valence-corrected chi connectivity index (χ2v) is 7.89. The summed E-state index contributed by atoms with van der Waals surface area (Å²) in [5.74, 6) is 0.000306. The third-order valence-electron chi connectivity index (χ3n) is 4.94. The summed E-state index contributed by atoms with van der Waals surface area (Å²) < 4.78 is 19.8. The van der Waals surface area contributed by atoms with E-state index >= 15 is 0 Å². The largest absolute Gasteiger partial charge is 0.462 e. The lowest BCUT2D eigenvalue weighted by Gasteiger charge is -2.19. The Hall–Kier alpha value is -2.12. The van der Waals surface area contributed by atoms with Crippen LogP contribution in [-0.4, -0.2) is 49.3 Å². The molecule has 0 aliphatic carbocycles. The molecule has 0 N–H and O–H groups in total. The summed E-state index contributed by atoms with van der Waals surface area (Å²) in [5.41, 5.74) is 0. The van der Waals surface area contributed by atoms with Gasteiger partial charge in [0.2, 0.25) is 0 Å². The Bertz CT molecular complexity index is 519. The van der Waals surface area contributed by atoms with Crippen LogP contribution in [0, 0.1) is 23.7 Å². The molecule has 0 saturated carbocycles. The highest BCUT2D eigenvalue weighted by atomic mass is 16.6. The number of ether oxygens (including phenoxy) is 4. The lowest BCUT2D eigenvalue weighted by molar-refractivity contribution is -0.152. The quantitative estimate of drug-likeness (QED) is 0.494. The average Bonchev–Trinajstić information content (AvgIpc) is 3.14. The summed E-state index contributed by atoms with van der Waals surface area (Å²) in [6.45, 7) is 11.2. The van der Waals surface area contributed by atoms with E-state index in [1.807, 2.05) is 27.7 Å². The summed E-state index contributed by atoms with van der Waals surface area (Å²) in [6, 6.07) is 0. The van der Waals surface area contributed by atoms with Gasteiger partial charge in [0.1, 0.15) is 25.4 Å². The van der Waals surface area contributed by atoms with E-state index in [4.69, 9.17) is 18.9 Å². The van der Waals surface area contributed by atoms with E-state index in [0.29, 0.717) is 24.7 Å². The van der Waals surface area contributed by atoms with Crippen molar-refractivity contribution in [3.8, 4) is 0 Å². The van der Waals surface area contributed by atoms with E-state index in [0.717, 1.165) is 0 Å². The predicted molar refractivity (Wildman–Crippen MR) is 98.9 cm³/mol. The number of rotatable bonds is 6. The van der Waals surface area contributed by atoms with Gasteiger partial charge < -0.3 is 18.9 Å². The smallest absolute Gasteiger partial charge is 0.306 e. The van der Waals surface area contributed by atoms with Crippen LogP contribution >= 0.6 is 0 Å². The lowest BCUT2D eigenvalue weighted by atomic mass is 9.90. The number of esters is 4. The number of carbonyl (C=O) groups is 4. The topological polar surface area (TPSA) is 105 Å². The van der Waals surface area contributed by atoms with Crippen molar-refractivity contribution >= 4 is 23.9 Å². The molecule has 28 heavy (non-hydrogen) atoms. The maximum Gasteiger partial charge on any atom is 0.306 e. The van der Waals surface area contributed by atoms with Crippen molar-refractivity contribution in [2.75, 3.05) is 13.2 Å². The van der Waals surface area contributed by atoms with Gasteiger partial charge in [0.05, 0.1) is 12.8 Å². The Morgan fingerprint density at radius 2 is 1.14 bits per heavy atom. The van der Waals surface area contributed by atoms with Crippen LogP contribution in [0.2, 0.25) is 0 Å². The zero-order valence-electron chi connectivity index (χ0n) is 17.6. The zero-order chi connectivity index (χ0) is 21.4. The van der Waals surface area contributed by atoms with Crippen molar-refractivity contribution in [2.45, 2.75) is 66.6 Å². The molecule has 0 bridgehead atoms. The van der Waals surface area contributed by atoms with Gasteiger partial charge in [-0.1, -0.05) is 27.7 Å². The van der Waals surface area contributed by atoms with E-state index in [1.165, 1.54) is 13.8 Å². The molecule has 2 fully saturated rings. The molecule has 2 heterocycles. The van der Waals surface area contributed by atoms with Crippen LogP contribution in [0.15, 0.2) is 0 Å². The molecule has 0 radical (unpaired) electrons. The second kappa shape index (κ2) is 11.0. The Labute approximate surface area is 166 Å². The summed E-state index contributed by atoms with van der Waals surface area (Å²) in [7, 11) is 0. The SMILES string of the molecule is CC(=O)OC[C@@H]1OC(=O)C[C@@H]1C(C)C.CC(=O)OC[C@H]1OC(=O)C[C@@H]1C(C)C. The molecule has 2 aliphatic heterocycles.